The lowest BCUT2D eigenvalue weighted by molar-refractivity contribution is 0.113. The highest BCUT2D eigenvalue weighted by Gasteiger charge is 2.15. The summed E-state index contributed by atoms with van der Waals surface area (Å²) in [6.45, 7) is 11.9. The van der Waals surface area contributed by atoms with Gasteiger partial charge in [0.25, 0.3) is 0 Å². The second-order valence-electron chi connectivity index (χ2n) is 5.80. The number of aliphatic imine (C=N–C) groups is 1. The third-order valence-electron chi connectivity index (χ3n) is 4.13. The van der Waals surface area contributed by atoms with Gasteiger partial charge in [-0.15, -0.1) is 24.0 Å². The molecular weight excluding hydrogens is 391 g/mol. The molecule has 1 rings (SSSR count). The summed E-state index contributed by atoms with van der Waals surface area (Å²) in [6, 6.07) is 0.441. The van der Waals surface area contributed by atoms with E-state index in [2.05, 4.69) is 41.3 Å². The van der Waals surface area contributed by atoms with Gasteiger partial charge >= 0.3 is 0 Å². The van der Waals surface area contributed by atoms with E-state index in [-0.39, 0.29) is 24.0 Å². The summed E-state index contributed by atoms with van der Waals surface area (Å²) < 4.78 is 5.62. The van der Waals surface area contributed by atoms with Crippen LogP contribution in [0.15, 0.2) is 4.99 Å². The van der Waals surface area contributed by atoms with Crippen LogP contribution in [0.4, 0.5) is 0 Å². The van der Waals surface area contributed by atoms with Crippen LogP contribution in [-0.4, -0.2) is 62.8 Å². The lowest BCUT2D eigenvalue weighted by atomic mass is 10.2. The Bertz CT molecular complexity index is 292. The topological polar surface area (TPSA) is 48.9 Å². The Hall–Kier alpha value is -0.0800. The molecule has 5 nitrogen and oxygen atoms in total. The summed E-state index contributed by atoms with van der Waals surface area (Å²) in [4.78, 5) is 6.76. The van der Waals surface area contributed by atoms with Crippen molar-refractivity contribution in [2.45, 2.75) is 58.6 Å². The Morgan fingerprint density at radius 3 is 2.64 bits per heavy atom. The first-order chi connectivity index (χ1) is 10.2. The maximum atomic E-state index is 5.62. The predicted molar refractivity (Wildman–Crippen MR) is 105 cm³/mol. The van der Waals surface area contributed by atoms with Gasteiger partial charge in [-0.1, -0.05) is 13.8 Å². The van der Waals surface area contributed by atoms with Crippen molar-refractivity contribution in [1.82, 2.24) is 15.5 Å². The van der Waals surface area contributed by atoms with E-state index in [1.165, 1.54) is 19.4 Å². The van der Waals surface area contributed by atoms with Gasteiger partial charge in [-0.3, -0.25) is 4.99 Å². The van der Waals surface area contributed by atoms with Crippen molar-refractivity contribution in [1.29, 1.82) is 0 Å². The second kappa shape index (κ2) is 13.4. The first-order valence-electron chi connectivity index (χ1n) is 8.50. The molecule has 2 N–H and O–H groups in total. The monoisotopic (exact) mass is 426 g/mol. The highest BCUT2D eigenvalue weighted by atomic mass is 127. The van der Waals surface area contributed by atoms with Crippen LogP contribution < -0.4 is 10.6 Å². The molecule has 0 spiro atoms. The smallest absolute Gasteiger partial charge is 0.191 e. The minimum atomic E-state index is 0. The van der Waals surface area contributed by atoms with Crippen LogP contribution in [0, 0.1) is 0 Å². The summed E-state index contributed by atoms with van der Waals surface area (Å²) in [6.07, 6.45) is 5.07. The number of nitrogens with zero attached hydrogens (tertiary/aromatic N) is 2. The van der Waals surface area contributed by atoms with Crippen LogP contribution in [0.25, 0.3) is 0 Å². The predicted octanol–water partition coefficient (Wildman–Crippen LogP) is 2.46. The quantitative estimate of drug-likeness (QED) is 0.338. The van der Waals surface area contributed by atoms with Gasteiger partial charge < -0.3 is 20.3 Å². The summed E-state index contributed by atoms with van der Waals surface area (Å²) in [7, 11) is 1.83. The molecule has 1 aliphatic heterocycles. The van der Waals surface area contributed by atoms with Crippen molar-refractivity contribution in [3.05, 3.63) is 0 Å². The molecule has 0 saturated carbocycles. The summed E-state index contributed by atoms with van der Waals surface area (Å²) >= 11 is 0. The average Bonchev–Trinajstić information content (AvgIpc) is 3.01. The molecule has 0 aromatic carbocycles. The Kier molecular flexibility index (Phi) is 13.3. The van der Waals surface area contributed by atoms with E-state index in [0.29, 0.717) is 12.1 Å². The van der Waals surface area contributed by atoms with Crippen molar-refractivity contribution in [2.24, 2.45) is 4.99 Å². The molecular formula is C16H35IN4O. The number of halogens is 1. The van der Waals surface area contributed by atoms with E-state index in [4.69, 9.17) is 4.74 Å². The Labute approximate surface area is 153 Å². The largest absolute Gasteiger partial charge is 0.376 e. The van der Waals surface area contributed by atoms with E-state index >= 15 is 0 Å². The molecule has 2 atom stereocenters. The van der Waals surface area contributed by atoms with Gasteiger partial charge in [0.05, 0.1) is 6.10 Å². The van der Waals surface area contributed by atoms with E-state index < -0.39 is 0 Å². The van der Waals surface area contributed by atoms with Gasteiger partial charge in [-0.25, -0.2) is 0 Å². The average molecular weight is 426 g/mol. The fraction of sp³-hybridized carbons (Fsp3) is 0.938. The fourth-order valence-corrected chi connectivity index (χ4v) is 2.68. The van der Waals surface area contributed by atoms with Gasteiger partial charge in [-0.05, 0) is 52.2 Å². The van der Waals surface area contributed by atoms with E-state index in [0.717, 1.165) is 45.0 Å². The number of nitrogens with one attached hydrogen (secondary N) is 2. The molecule has 0 aromatic rings. The van der Waals surface area contributed by atoms with Crippen molar-refractivity contribution < 1.29 is 4.74 Å². The Morgan fingerprint density at radius 1 is 1.36 bits per heavy atom. The standard InChI is InChI=1S/C16H34N4O.HI/c1-5-20(6-2)11-7-9-14(3)19-16(17-4)18-13-15-10-8-12-21-15;/h14-15H,5-13H2,1-4H3,(H2,17,18,19);1H. The normalized spacial score (nSPS) is 19.9. The molecule has 22 heavy (non-hydrogen) atoms. The molecule has 1 aliphatic rings. The highest BCUT2D eigenvalue weighted by molar-refractivity contribution is 14.0. The molecule has 1 fully saturated rings. The molecule has 0 radical (unpaired) electrons. The molecule has 1 heterocycles. The van der Waals surface area contributed by atoms with Crippen molar-refractivity contribution in [3.8, 4) is 0 Å². The van der Waals surface area contributed by atoms with Crippen molar-refractivity contribution in [3.63, 3.8) is 0 Å². The van der Waals surface area contributed by atoms with E-state index in [1.807, 2.05) is 7.05 Å². The second-order valence-corrected chi connectivity index (χ2v) is 5.80. The molecule has 1 saturated heterocycles. The van der Waals surface area contributed by atoms with E-state index in [1.54, 1.807) is 0 Å². The summed E-state index contributed by atoms with van der Waals surface area (Å²) in [5, 5.41) is 6.83. The summed E-state index contributed by atoms with van der Waals surface area (Å²) in [5.74, 6) is 0.890. The van der Waals surface area contributed by atoms with E-state index in [9.17, 15) is 0 Å². The number of hydrogen-bond acceptors (Lipinski definition) is 3. The van der Waals surface area contributed by atoms with Gasteiger partial charge in [0.1, 0.15) is 0 Å². The van der Waals surface area contributed by atoms with Crippen LogP contribution in [-0.2, 0) is 4.74 Å². The minimum Gasteiger partial charge on any atom is -0.376 e. The third-order valence-corrected chi connectivity index (χ3v) is 4.13. The molecule has 0 aliphatic carbocycles. The van der Waals surface area contributed by atoms with Gasteiger partial charge in [-0.2, -0.15) is 0 Å². The zero-order chi connectivity index (χ0) is 15.5. The van der Waals surface area contributed by atoms with Gasteiger partial charge in [0.2, 0.25) is 0 Å². The zero-order valence-electron chi connectivity index (χ0n) is 14.7. The van der Waals surface area contributed by atoms with Crippen molar-refractivity contribution >= 4 is 29.9 Å². The lowest BCUT2D eigenvalue weighted by Gasteiger charge is -2.21. The third kappa shape index (κ3) is 9.15. The lowest BCUT2D eigenvalue weighted by Crippen LogP contribution is -2.44. The zero-order valence-corrected chi connectivity index (χ0v) is 17.1. The van der Waals surface area contributed by atoms with Crippen molar-refractivity contribution in [2.75, 3.05) is 39.8 Å². The first kappa shape index (κ1) is 21.9. The van der Waals surface area contributed by atoms with Gasteiger partial charge in [0, 0.05) is 26.2 Å². The molecule has 0 amide bonds. The minimum absolute atomic E-state index is 0. The molecule has 6 heteroatoms. The first-order valence-corrected chi connectivity index (χ1v) is 8.50. The van der Waals surface area contributed by atoms with Crippen LogP contribution >= 0.6 is 24.0 Å². The maximum absolute atomic E-state index is 5.62. The maximum Gasteiger partial charge on any atom is 0.191 e. The van der Waals surface area contributed by atoms with Crippen LogP contribution in [0.2, 0.25) is 0 Å². The highest BCUT2D eigenvalue weighted by Crippen LogP contribution is 2.10. The molecule has 2 unspecified atom stereocenters. The fourth-order valence-electron chi connectivity index (χ4n) is 2.68. The Morgan fingerprint density at radius 2 is 2.09 bits per heavy atom. The van der Waals surface area contributed by atoms with Crippen LogP contribution in [0.3, 0.4) is 0 Å². The number of ether oxygens (including phenoxy) is 1. The summed E-state index contributed by atoms with van der Waals surface area (Å²) in [5.41, 5.74) is 0. The molecule has 0 aromatic heterocycles. The Balaban J connectivity index is 0.00000441. The SMILES string of the molecule is CCN(CC)CCCC(C)NC(=NC)NCC1CCCO1.I. The number of hydrogen-bond donors (Lipinski definition) is 2. The van der Waals surface area contributed by atoms with Gasteiger partial charge in [0.15, 0.2) is 5.96 Å². The van der Waals surface area contributed by atoms with Crippen LogP contribution in [0.5, 0.6) is 0 Å². The number of rotatable bonds is 9. The molecule has 0 bridgehead atoms. The number of guanidine groups is 1. The van der Waals surface area contributed by atoms with Crippen LogP contribution in [0.1, 0.15) is 46.5 Å². The molecule has 132 valence electrons.